The number of fused-ring (bicyclic) bond motifs is 1. The summed E-state index contributed by atoms with van der Waals surface area (Å²) in [6, 6.07) is 9.76. The van der Waals surface area contributed by atoms with Crippen LogP contribution in [0.3, 0.4) is 0 Å². The molecular formula is C16H18N4OS. The van der Waals surface area contributed by atoms with E-state index < -0.39 is 0 Å². The predicted molar refractivity (Wildman–Crippen MR) is 89.0 cm³/mol. The maximum atomic E-state index is 12.7. The summed E-state index contributed by atoms with van der Waals surface area (Å²) < 4.78 is 0. The summed E-state index contributed by atoms with van der Waals surface area (Å²) >= 11 is 1.35. The standard InChI is InChI=1S/C16H18N4OS/c1-10-9-14(17)19-16(18-10)22-11(2)15(21)20-8-7-12-5-3-4-6-13(12)20/h3-6,9,11H,7-8H2,1-2H3,(H2,17,18,19)/t11-/m1/s1. The maximum absolute atomic E-state index is 12.7. The second kappa shape index (κ2) is 5.96. The molecule has 0 bridgehead atoms. The number of nitrogens with zero attached hydrogens (tertiary/aromatic N) is 3. The van der Waals surface area contributed by atoms with Crippen molar-refractivity contribution < 1.29 is 4.79 Å². The number of aryl methyl sites for hydroxylation is 1. The summed E-state index contributed by atoms with van der Waals surface area (Å²) in [6.07, 6.45) is 0.910. The van der Waals surface area contributed by atoms with Gasteiger partial charge in [-0.15, -0.1) is 0 Å². The van der Waals surface area contributed by atoms with E-state index in [1.807, 2.05) is 36.9 Å². The van der Waals surface area contributed by atoms with Gasteiger partial charge < -0.3 is 10.6 Å². The van der Waals surface area contributed by atoms with Crippen LogP contribution in [0.15, 0.2) is 35.5 Å². The predicted octanol–water partition coefficient (Wildman–Crippen LogP) is 2.44. The zero-order valence-corrected chi connectivity index (χ0v) is 13.4. The molecule has 0 spiro atoms. The van der Waals surface area contributed by atoms with E-state index in [1.165, 1.54) is 17.3 Å². The third-order valence-corrected chi connectivity index (χ3v) is 4.59. The molecule has 1 aromatic carbocycles. The number of nitrogens with two attached hydrogens (primary N) is 1. The smallest absolute Gasteiger partial charge is 0.240 e. The fraction of sp³-hybridized carbons (Fsp3) is 0.312. The summed E-state index contributed by atoms with van der Waals surface area (Å²) in [5.41, 5.74) is 8.79. The number of thioether (sulfide) groups is 1. The summed E-state index contributed by atoms with van der Waals surface area (Å²) in [4.78, 5) is 23.1. The molecular weight excluding hydrogens is 296 g/mol. The molecule has 0 saturated heterocycles. The largest absolute Gasteiger partial charge is 0.384 e. The lowest BCUT2D eigenvalue weighted by Gasteiger charge is -2.21. The topological polar surface area (TPSA) is 72.1 Å². The third-order valence-electron chi connectivity index (χ3n) is 3.64. The Morgan fingerprint density at radius 2 is 2.14 bits per heavy atom. The number of anilines is 2. The van der Waals surface area contributed by atoms with Crippen molar-refractivity contribution in [3.05, 3.63) is 41.6 Å². The lowest BCUT2D eigenvalue weighted by atomic mass is 10.2. The van der Waals surface area contributed by atoms with Crippen LogP contribution in [0.25, 0.3) is 0 Å². The van der Waals surface area contributed by atoms with Gasteiger partial charge in [0, 0.05) is 24.0 Å². The van der Waals surface area contributed by atoms with Crippen LogP contribution in [0, 0.1) is 6.92 Å². The first-order valence-electron chi connectivity index (χ1n) is 7.21. The summed E-state index contributed by atoms with van der Waals surface area (Å²) in [5, 5.41) is 0.290. The monoisotopic (exact) mass is 314 g/mol. The molecule has 1 aliphatic rings. The molecule has 22 heavy (non-hydrogen) atoms. The Hall–Kier alpha value is -2.08. The minimum Gasteiger partial charge on any atom is -0.384 e. The minimum absolute atomic E-state index is 0.0821. The average molecular weight is 314 g/mol. The number of hydrogen-bond acceptors (Lipinski definition) is 5. The van der Waals surface area contributed by atoms with Gasteiger partial charge in [-0.2, -0.15) is 0 Å². The van der Waals surface area contributed by atoms with Gasteiger partial charge in [0.1, 0.15) is 5.82 Å². The van der Waals surface area contributed by atoms with Crippen LogP contribution in [0.5, 0.6) is 0 Å². The Balaban J connectivity index is 1.75. The number of aromatic nitrogens is 2. The van der Waals surface area contributed by atoms with Gasteiger partial charge in [0.2, 0.25) is 5.91 Å². The van der Waals surface area contributed by atoms with Crippen LogP contribution in [-0.2, 0) is 11.2 Å². The van der Waals surface area contributed by atoms with Crippen LogP contribution in [0.1, 0.15) is 18.2 Å². The van der Waals surface area contributed by atoms with Gasteiger partial charge >= 0.3 is 0 Å². The highest BCUT2D eigenvalue weighted by Gasteiger charge is 2.28. The average Bonchev–Trinajstić information content (AvgIpc) is 2.89. The van der Waals surface area contributed by atoms with Gasteiger partial charge in [-0.05, 0) is 31.9 Å². The van der Waals surface area contributed by atoms with Crippen molar-refractivity contribution in [3.63, 3.8) is 0 Å². The Kier molecular flexibility index (Phi) is 4.02. The fourth-order valence-corrected chi connectivity index (χ4v) is 3.51. The zero-order chi connectivity index (χ0) is 15.7. The highest BCUT2D eigenvalue weighted by atomic mass is 32.2. The molecule has 0 aliphatic carbocycles. The van der Waals surface area contributed by atoms with Crippen LogP contribution in [0.4, 0.5) is 11.5 Å². The SMILES string of the molecule is Cc1cc(N)nc(S[C@H](C)C(=O)N2CCc3ccccc32)n1. The number of hydrogen-bond donors (Lipinski definition) is 1. The van der Waals surface area contributed by atoms with E-state index in [4.69, 9.17) is 5.73 Å². The maximum Gasteiger partial charge on any atom is 0.240 e. The van der Waals surface area contributed by atoms with Crippen molar-refractivity contribution in [3.8, 4) is 0 Å². The van der Waals surface area contributed by atoms with Gasteiger partial charge in [-0.3, -0.25) is 4.79 Å². The number of para-hydroxylation sites is 1. The van der Waals surface area contributed by atoms with Crippen molar-refractivity contribution in [2.75, 3.05) is 17.2 Å². The van der Waals surface area contributed by atoms with E-state index in [0.29, 0.717) is 11.0 Å². The molecule has 2 N–H and O–H groups in total. The Morgan fingerprint density at radius 1 is 1.36 bits per heavy atom. The Morgan fingerprint density at radius 3 is 2.91 bits per heavy atom. The van der Waals surface area contributed by atoms with E-state index in [0.717, 1.165) is 24.3 Å². The number of carbonyl (C=O) groups excluding carboxylic acids is 1. The molecule has 114 valence electrons. The Labute approximate surface area is 133 Å². The lowest BCUT2D eigenvalue weighted by molar-refractivity contribution is -0.117. The molecule has 0 unspecified atom stereocenters. The van der Waals surface area contributed by atoms with Crippen LogP contribution in [0.2, 0.25) is 0 Å². The third kappa shape index (κ3) is 2.92. The van der Waals surface area contributed by atoms with Gasteiger partial charge in [0.25, 0.3) is 0 Å². The molecule has 1 aromatic heterocycles. The molecule has 1 atom stereocenters. The number of nitrogen functional groups attached to an aromatic ring is 1. The molecule has 3 rings (SSSR count). The molecule has 2 aromatic rings. The first-order chi connectivity index (χ1) is 10.5. The molecule has 5 nitrogen and oxygen atoms in total. The molecule has 0 fully saturated rings. The Bertz CT molecular complexity index is 699. The highest BCUT2D eigenvalue weighted by molar-refractivity contribution is 8.00. The summed E-state index contributed by atoms with van der Waals surface area (Å²) in [7, 11) is 0. The van der Waals surface area contributed by atoms with Gasteiger partial charge in [-0.25, -0.2) is 9.97 Å². The number of amides is 1. The van der Waals surface area contributed by atoms with Crippen molar-refractivity contribution in [2.24, 2.45) is 0 Å². The number of benzene rings is 1. The first-order valence-corrected chi connectivity index (χ1v) is 8.09. The summed E-state index contributed by atoms with van der Waals surface area (Å²) in [6.45, 7) is 4.49. The molecule has 1 amide bonds. The van der Waals surface area contributed by atoms with Crippen molar-refractivity contribution in [1.82, 2.24) is 9.97 Å². The van der Waals surface area contributed by atoms with E-state index >= 15 is 0 Å². The quantitative estimate of drug-likeness (QED) is 0.696. The highest BCUT2D eigenvalue weighted by Crippen LogP contribution is 2.30. The van der Waals surface area contributed by atoms with Crippen molar-refractivity contribution >= 4 is 29.2 Å². The second-order valence-corrected chi connectivity index (χ2v) is 6.65. The normalized spacial score (nSPS) is 14.7. The minimum atomic E-state index is -0.257. The lowest BCUT2D eigenvalue weighted by Crippen LogP contribution is -2.35. The van der Waals surface area contributed by atoms with Gasteiger partial charge in [-0.1, -0.05) is 30.0 Å². The van der Waals surface area contributed by atoms with Crippen molar-refractivity contribution in [2.45, 2.75) is 30.7 Å². The molecule has 0 saturated carbocycles. The zero-order valence-electron chi connectivity index (χ0n) is 12.6. The van der Waals surface area contributed by atoms with Gasteiger partial charge in [0.05, 0.1) is 5.25 Å². The molecule has 0 radical (unpaired) electrons. The second-order valence-electron chi connectivity index (χ2n) is 5.35. The van der Waals surface area contributed by atoms with E-state index in [9.17, 15) is 4.79 Å². The number of rotatable bonds is 3. The van der Waals surface area contributed by atoms with Crippen LogP contribution in [-0.4, -0.2) is 27.7 Å². The summed E-state index contributed by atoms with van der Waals surface area (Å²) in [5.74, 6) is 0.514. The molecule has 1 aliphatic heterocycles. The van der Waals surface area contributed by atoms with E-state index in [2.05, 4.69) is 16.0 Å². The van der Waals surface area contributed by atoms with E-state index in [1.54, 1.807) is 6.07 Å². The van der Waals surface area contributed by atoms with Gasteiger partial charge in [0.15, 0.2) is 5.16 Å². The van der Waals surface area contributed by atoms with Crippen LogP contribution >= 0.6 is 11.8 Å². The molecule has 6 heteroatoms. The first kappa shape index (κ1) is 14.8. The van der Waals surface area contributed by atoms with Crippen LogP contribution < -0.4 is 10.6 Å². The van der Waals surface area contributed by atoms with E-state index in [-0.39, 0.29) is 11.2 Å². The molecule has 2 heterocycles. The fourth-order valence-electron chi connectivity index (χ4n) is 2.61. The van der Waals surface area contributed by atoms with Crippen molar-refractivity contribution in [1.29, 1.82) is 0 Å². The number of carbonyl (C=O) groups is 1.